The van der Waals surface area contributed by atoms with Crippen molar-refractivity contribution in [2.24, 2.45) is 18.9 Å². The molecule has 7 heteroatoms. The molecule has 0 aliphatic heterocycles. The zero-order valence-corrected chi connectivity index (χ0v) is 14.2. The number of allylic oxidation sites excluding steroid dienone is 2. The number of carbonyl (C=O) groups is 2. The van der Waals surface area contributed by atoms with E-state index in [1.54, 1.807) is 16.8 Å². The summed E-state index contributed by atoms with van der Waals surface area (Å²) in [4.78, 5) is 23.9. The number of hydrogen-bond donors (Lipinski definition) is 2. The second-order valence-corrected chi connectivity index (χ2v) is 6.08. The van der Waals surface area contributed by atoms with Crippen LogP contribution in [0.4, 0.5) is 5.69 Å². The summed E-state index contributed by atoms with van der Waals surface area (Å²) in [7, 11) is 1.83. The number of benzene rings is 1. The van der Waals surface area contributed by atoms with Crippen molar-refractivity contribution in [1.29, 1.82) is 0 Å². The third kappa shape index (κ3) is 3.35. The van der Waals surface area contributed by atoms with Gasteiger partial charge < -0.3 is 15.2 Å². The Morgan fingerprint density at radius 2 is 2.04 bits per heavy atom. The van der Waals surface area contributed by atoms with Gasteiger partial charge in [0.25, 0.3) is 0 Å². The molecule has 1 heterocycles. The molecule has 0 saturated carbocycles. The molecule has 1 aliphatic rings. The fraction of sp³-hybridized carbons (Fsp3) is 0.389. The molecular formula is C18H21N3O4. The van der Waals surface area contributed by atoms with Gasteiger partial charge in [-0.3, -0.25) is 14.3 Å². The van der Waals surface area contributed by atoms with Crippen molar-refractivity contribution < 1.29 is 19.4 Å². The smallest absolute Gasteiger partial charge is 0.307 e. The number of hydrogen-bond acceptors (Lipinski definition) is 4. The quantitative estimate of drug-likeness (QED) is 0.814. The normalized spacial score (nSPS) is 19.8. The summed E-state index contributed by atoms with van der Waals surface area (Å²) in [6.45, 7) is 2.38. The molecule has 2 atom stereocenters. The number of aliphatic carboxylic acids is 1. The average molecular weight is 343 g/mol. The van der Waals surface area contributed by atoms with Crippen molar-refractivity contribution in [3.05, 3.63) is 30.4 Å². The van der Waals surface area contributed by atoms with Gasteiger partial charge in [-0.2, -0.15) is 0 Å². The van der Waals surface area contributed by atoms with Gasteiger partial charge in [-0.25, -0.2) is 0 Å². The predicted molar refractivity (Wildman–Crippen MR) is 93.5 cm³/mol. The summed E-state index contributed by atoms with van der Waals surface area (Å²) >= 11 is 0. The number of fused-ring (bicyclic) bond motifs is 1. The Morgan fingerprint density at radius 3 is 2.72 bits per heavy atom. The second kappa shape index (κ2) is 6.96. The highest BCUT2D eigenvalue weighted by molar-refractivity contribution is 5.98. The van der Waals surface area contributed by atoms with Gasteiger partial charge in [-0.15, -0.1) is 5.10 Å². The van der Waals surface area contributed by atoms with Crippen molar-refractivity contribution in [3.63, 3.8) is 0 Å². The first-order valence-electron chi connectivity index (χ1n) is 8.29. The Morgan fingerprint density at radius 1 is 1.32 bits per heavy atom. The van der Waals surface area contributed by atoms with Crippen LogP contribution in [0.1, 0.15) is 19.8 Å². The Hall–Kier alpha value is -2.83. The molecule has 0 spiro atoms. The van der Waals surface area contributed by atoms with Crippen molar-refractivity contribution in [2.75, 3.05) is 11.9 Å². The van der Waals surface area contributed by atoms with E-state index in [0.717, 1.165) is 10.9 Å². The highest BCUT2D eigenvalue weighted by atomic mass is 16.5. The number of carbonyl (C=O) groups excluding carboxylic acids is 1. The molecule has 0 fully saturated rings. The Balaban J connectivity index is 1.84. The number of carboxylic acids is 1. The number of rotatable bonds is 5. The molecule has 25 heavy (non-hydrogen) atoms. The SMILES string of the molecule is CCOc1nn(C)c2ccc(NC(=O)C3CC=CCC3C(=O)O)cc12. The van der Waals surface area contributed by atoms with Crippen LogP contribution in [0.5, 0.6) is 5.88 Å². The van der Waals surface area contributed by atoms with E-state index < -0.39 is 17.8 Å². The summed E-state index contributed by atoms with van der Waals surface area (Å²) in [5, 5.41) is 17.3. The van der Waals surface area contributed by atoms with Crippen LogP contribution < -0.4 is 10.1 Å². The number of anilines is 1. The molecule has 1 aromatic carbocycles. The molecule has 2 aromatic rings. The first-order valence-corrected chi connectivity index (χ1v) is 8.29. The van der Waals surface area contributed by atoms with Gasteiger partial charge in [0.1, 0.15) is 0 Å². The number of ether oxygens (including phenoxy) is 1. The number of aromatic nitrogens is 2. The minimum Gasteiger partial charge on any atom is -0.481 e. The molecule has 1 aromatic heterocycles. The third-order valence-electron chi connectivity index (χ3n) is 4.45. The van der Waals surface area contributed by atoms with Crippen LogP contribution in [-0.2, 0) is 16.6 Å². The van der Waals surface area contributed by atoms with Gasteiger partial charge in [-0.05, 0) is 38.0 Å². The Labute approximate surface area is 145 Å². The molecule has 0 bridgehead atoms. The molecule has 3 rings (SSSR count). The van der Waals surface area contributed by atoms with Crippen LogP contribution in [0.15, 0.2) is 30.4 Å². The van der Waals surface area contributed by atoms with Gasteiger partial charge in [-0.1, -0.05) is 12.2 Å². The number of amides is 1. The van der Waals surface area contributed by atoms with E-state index in [2.05, 4.69) is 10.4 Å². The Bertz CT molecular complexity index is 840. The van der Waals surface area contributed by atoms with Crippen molar-refractivity contribution in [1.82, 2.24) is 9.78 Å². The minimum atomic E-state index is -0.939. The van der Waals surface area contributed by atoms with Gasteiger partial charge in [0.2, 0.25) is 11.8 Å². The first kappa shape index (κ1) is 17.0. The lowest BCUT2D eigenvalue weighted by Crippen LogP contribution is -2.34. The maximum absolute atomic E-state index is 12.6. The zero-order chi connectivity index (χ0) is 18.0. The molecular weight excluding hydrogens is 322 g/mol. The third-order valence-corrected chi connectivity index (χ3v) is 4.45. The van der Waals surface area contributed by atoms with Crippen LogP contribution in [0.25, 0.3) is 10.9 Å². The Kier molecular flexibility index (Phi) is 4.74. The van der Waals surface area contributed by atoms with Crippen LogP contribution in [0.2, 0.25) is 0 Å². The molecule has 2 unspecified atom stereocenters. The fourth-order valence-corrected chi connectivity index (χ4v) is 3.17. The lowest BCUT2D eigenvalue weighted by molar-refractivity contribution is -0.146. The summed E-state index contributed by atoms with van der Waals surface area (Å²) in [6, 6.07) is 5.45. The molecule has 132 valence electrons. The monoisotopic (exact) mass is 343 g/mol. The molecule has 0 radical (unpaired) electrons. The molecule has 1 amide bonds. The molecule has 0 saturated heterocycles. The molecule has 1 aliphatic carbocycles. The van der Waals surface area contributed by atoms with E-state index in [1.165, 1.54) is 0 Å². The van der Waals surface area contributed by atoms with E-state index >= 15 is 0 Å². The topological polar surface area (TPSA) is 93.5 Å². The summed E-state index contributed by atoms with van der Waals surface area (Å²) in [5.74, 6) is -1.96. The summed E-state index contributed by atoms with van der Waals surface area (Å²) < 4.78 is 7.25. The number of nitrogens with zero attached hydrogens (tertiary/aromatic N) is 2. The van der Waals surface area contributed by atoms with Gasteiger partial charge in [0.05, 0.1) is 29.3 Å². The number of aryl methyl sites for hydroxylation is 1. The maximum Gasteiger partial charge on any atom is 0.307 e. The average Bonchev–Trinajstić information content (AvgIpc) is 2.90. The van der Waals surface area contributed by atoms with E-state index in [0.29, 0.717) is 31.0 Å². The largest absolute Gasteiger partial charge is 0.481 e. The first-order chi connectivity index (χ1) is 12.0. The number of nitrogens with one attached hydrogen (secondary N) is 1. The van der Waals surface area contributed by atoms with Crippen molar-refractivity contribution in [2.45, 2.75) is 19.8 Å². The summed E-state index contributed by atoms with van der Waals surface area (Å²) in [5.41, 5.74) is 1.50. The molecule has 2 N–H and O–H groups in total. The summed E-state index contributed by atoms with van der Waals surface area (Å²) in [6.07, 6.45) is 4.49. The zero-order valence-electron chi connectivity index (χ0n) is 14.2. The van der Waals surface area contributed by atoms with Gasteiger partial charge >= 0.3 is 5.97 Å². The van der Waals surface area contributed by atoms with Crippen molar-refractivity contribution in [3.8, 4) is 5.88 Å². The van der Waals surface area contributed by atoms with Crippen LogP contribution >= 0.6 is 0 Å². The highest BCUT2D eigenvalue weighted by Gasteiger charge is 2.34. The standard InChI is InChI=1S/C18H21N3O4/c1-3-25-17-14-10-11(8-9-15(14)21(2)20-17)19-16(22)12-6-4-5-7-13(12)18(23)24/h4-5,8-10,12-13H,3,6-7H2,1-2H3,(H,19,22)(H,23,24). The van der Waals surface area contributed by atoms with Crippen LogP contribution in [-0.4, -0.2) is 33.4 Å². The lowest BCUT2D eigenvalue weighted by atomic mass is 9.82. The van der Waals surface area contributed by atoms with Crippen molar-refractivity contribution >= 4 is 28.5 Å². The van der Waals surface area contributed by atoms with Gasteiger partial charge in [0, 0.05) is 12.7 Å². The van der Waals surface area contributed by atoms with E-state index in [-0.39, 0.29) is 5.91 Å². The highest BCUT2D eigenvalue weighted by Crippen LogP contribution is 2.30. The number of carboxylic acid groups (broad SMARTS) is 1. The van der Waals surface area contributed by atoms with Crippen LogP contribution in [0, 0.1) is 11.8 Å². The lowest BCUT2D eigenvalue weighted by Gasteiger charge is -2.24. The molecule has 7 nitrogen and oxygen atoms in total. The van der Waals surface area contributed by atoms with E-state index in [4.69, 9.17) is 4.74 Å². The fourth-order valence-electron chi connectivity index (χ4n) is 3.17. The van der Waals surface area contributed by atoms with E-state index in [9.17, 15) is 14.7 Å². The maximum atomic E-state index is 12.6. The van der Waals surface area contributed by atoms with Gasteiger partial charge in [0.15, 0.2) is 0 Å². The van der Waals surface area contributed by atoms with E-state index in [1.807, 2.05) is 32.2 Å². The predicted octanol–water partition coefficient (Wildman–Crippen LogP) is 2.58. The minimum absolute atomic E-state index is 0.280. The van der Waals surface area contributed by atoms with Crippen LogP contribution in [0.3, 0.4) is 0 Å². The second-order valence-electron chi connectivity index (χ2n) is 6.08.